The normalized spacial score (nSPS) is 13.9. The first-order valence-electron chi connectivity index (χ1n) is 7.17. The zero-order valence-corrected chi connectivity index (χ0v) is 13.5. The van der Waals surface area contributed by atoms with Crippen LogP contribution in [-0.4, -0.2) is 31.7 Å². The third-order valence-electron chi connectivity index (χ3n) is 3.36. The topological polar surface area (TPSA) is 64.6 Å². The summed E-state index contributed by atoms with van der Waals surface area (Å²) in [6.07, 6.45) is 4.01. The lowest BCUT2D eigenvalue weighted by molar-refractivity contribution is -0.121. The number of amides is 1. The second-order valence-electron chi connectivity index (χ2n) is 5.31. The van der Waals surface area contributed by atoms with E-state index in [1.165, 1.54) is 23.3 Å². The van der Waals surface area contributed by atoms with Gasteiger partial charge in [0.05, 0.1) is 18.8 Å². The quantitative estimate of drug-likeness (QED) is 0.849. The SMILES string of the molecule is COC(=O)c1c(NC(=O)COC(C)C)sc2c1CCCC2. The van der Waals surface area contributed by atoms with Crippen molar-refractivity contribution in [3.63, 3.8) is 0 Å². The highest BCUT2D eigenvalue weighted by Crippen LogP contribution is 2.38. The van der Waals surface area contributed by atoms with Gasteiger partial charge in [-0.15, -0.1) is 11.3 Å². The van der Waals surface area contributed by atoms with Gasteiger partial charge in [0.1, 0.15) is 11.6 Å². The van der Waals surface area contributed by atoms with Crippen LogP contribution in [-0.2, 0) is 27.1 Å². The lowest BCUT2D eigenvalue weighted by atomic mass is 9.95. The van der Waals surface area contributed by atoms with Gasteiger partial charge in [-0.1, -0.05) is 0 Å². The predicted molar refractivity (Wildman–Crippen MR) is 82.0 cm³/mol. The van der Waals surface area contributed by atoms with Crippen molar-refractivity contribution in [2.45, 2.75) is 45.6 Å². The Morgan fingerprint density at radius 1 is 1.29 bits per heavy atom. The molecule has 0 radical (unpaired) electrons. The summed E-state index contributed by atoms with van der Waals surface area (Å²) in [4.78, 5) is 25.1. The Bertz CT molecular complexity index is 536. The molecule has 2 rings (SSSR count). The lowest BCUT2D eigenvalue weighted by Crippen LogP contribution is -2.21. The van der Waals surface area contributed by atoms with E-state index in [-0.39, 0.29) is 24.6 Å². The minimum atomic E-state index is -0.380. The van der Waals surface area contributed by atoms with Crippen LogP contribution in [0.2, 0.25) is 0 Å². The number of hydrogen-bond donors (Lipinski definition) is 1. The van der Waals surface area contributed by atoms with E-state index in [4.69, 9.17) is 9.47 Å². The molecule has 1 aliphatic carbocycles. The van der Waals surface area contributed by atoms with Gasteiger partial charge in [0.2, 0.25) is 0 Å². The third-order valence-corrected chi connectivity index (χ3v) is 4.57. The van der Waals surface area contributed by atoms with E-state index >= 15 is 0 Å². The summed E-state index contributed by atoms with van der Waals surface area (Å²) in [5.41, 5.74) is 1.56. The third kappa shape index (κ3) is 3.83. The van der Waals surface area contributed by atoms with Gasteiger partial charge in [-0.05, 0) is 45.1 Å². The maximum atomic E-state index is 12.0. The van der Waals surface area contributed by atoms with Gasteiger partial charge in [0.15, 0.2) is 0 Å². The summed E-state index contributed by atoms with van der Waals surface area (Å²) in [6, 6.07) is 0. The van der Waals surface area contributed by atoms with Crippen LogP contribution in [0.3, 0.4) is 0 Å². The van der Waals surface area contributed by atoms with E-state index in [1.54, 1.807) is 0 Å². The molecule has 1 N–H and O–H groups in total. The number of carbonyl (C=O) groups is 2. The molecule has 0 bridgehead atoms. The van der Waals surface area contributed by atoms with E-state index in [0.717, 1.165) is 31.2 Å². The molecule has 0 saturated heterocycles. The average molecular weight is 311 g/mol. The van der Waals surface area contributed by atoms with Crippen molar-refractivity contribution in [3.05, 3.63) is 16.0 Å². The van der Waals surface area contributed by atoms with E-state index in [9.17, 15) is 9.59 Å². The van der Waals surface area contributed by atoms with Gasteiger partial charge < -0.3 is 14.8 Å². The van der Waals surface area contributed by atoms with E-state index in [0.29, 0.717) is 10.6 Å². The number of methoxy groups -OCH3 is 1. The number of thiophene rings is 1. The highest BCUT2D eigenvalue weighted by Gasteiger charge is 2.26. The van der Waals surface area contributed by atoms with Crippen molar-refractivity contribution in [1.29, 1.82) is 0 Å². The number of esters is 1. The monoisotopic (exact) mass is 311 g/mol. The van der Waals surface area contributed by atoms with Gasteiger partial charge in [0.25, 0.3) is 5.91 Å². The minimum Gasteiger partial charge on any atom is -0.465 e. The van der Waals surface area contributed by atoms with Crippen LogP contribution in [0.1, 0.15) is 47.5 Å². The zero-order valence-electron chi connectivity index (χ0n) is 12.7. The second-order valence-corrected chi connectivity index (χ2v) is 6.42. The highest BCUT2D eigenvalue weighted by atomic mass is 32.1. The molecule has 21 heavy (non-hydrogen) atoms. The molecule has 116 valence electrons. The molecule has 0 atom stereocenters. The molecule has 5 nitrogen and oxygen atoms in total. The van der Waals surface area contributed by atoms with Crippen LogP contribution in [0.5, 0.6) is 0 Å². The standard InChI is InChI=1S/C15H21NO4S/c1-9(2)20-8-12(17)16-14-13(15(18)19-3)10-6-4-5-7-11(10)21-14/h9H,4-8H2,1-3H3,(H,16,17). The average Bonchev–Trinajstić information content (AvgIpc) is 2.82. The fourth-order valence-corrected chi connectivity index (χ4v) is 3.67. The van der Waals surface area contributed by atoms with Gasteiger partial charge in [-0.2, -0.15) is 0 Å². The molecule has 0 saturated carbocycles. The fourth-order valence-electron chi connectivity index (χ4n) is 2.38. The molecule has 6 heteroatoms. The van der Waals surface area contributed by atoms with Crippen molar-refractivity contribution in [1.82, 2.24) is 0 Å². The van der Waals surface area contributed by atoms with E-state index in [2.05, 4.69) is 5.32 Å². The van der Waals surface area contributed by atoms with Crippen LogP contribution in [0.25, 0.3) is 0 Å². The van der Waals surface area contributed by atoms with Gasteiger partial charge in [-0.3, -0.25) is 4.79 Å². The number of ether oxygens (including phenoxy) is 2. The lowest BCUT2D eigenvalue weighted by Gasteiger charge is -2.12. The van der Waals surface area contributed by atoms with Crippen molar-refractivity contribution < 1.29 is 19.1 Å². The van der Waals surface area contributed by atoms with Gasteiger partial charge >= 0.3 is 5.97 Å². The van der Waals surface area contributed by atoms with Crippen LogP contribution < -0.4 is 5.32 Å². The molecule has 0 unspecified atom stereocenters. The van der Waals surface area contributed by atoms with Crippen LogP contribution in [0, 0.1) is 0 Å². The Balaban J connectivity index is 2.20. The van der Waals surface area contributed by atoms with Crippen molar-refractivity contribution >= 4 is 28.2 Å². The Morgan fingerprint density at radius 2 is 2.00 bits per heavy atom. The Hall–Kier alpha value is -1.40. The number of fused-ring (bicyclic) bond motifs is 1. The van der Waals surface area contributed by atoms with Gasteiger partial charge in [0, 0.05) is 4.88 Å². The smallest absolute Gasteiger partial charge is 0.341 e. The second kappa shape index (κ2) is 7.04. The number of nitrogens with one attached hydrogen (secondary N) is 1. The molecular weight excluding hydrogens is 290 g/mol. The molecule has 0 aliphatic heterocycles. The molecule has 0 spiro atoms. The summed E-state index contributed by atoms with van der Waals surface area (Å²) in [7, 11) is 1.36. The number of aryl methyl sites for hydroxylation is 1. The maximum absolute atomic E-state index is 12.0. The molecule has 1 aromatic heterocycles. The van der Waals surface area contributed by atoms with Crippen molar-refractivity contribution in [2.75, 3.05) is 19.0 Å². The summed E-state index contributed by atoms with van der Waals surface area (Å²) < 4.78 is 10.1. The minimum absolute atomic E-state index is 0.00707. The zero-order chi connectivity index (χ0) is 15.4. The first kappa shape index (κ1) is 16.0. The van der Waals surface area contributed by atoms with Gasteiger partial charge in [-0.25, -0.2) is 4.79 Å². The fraction of sp³-hybridized carbons (Fsp3) is 0.600. The first-order valence-corrected chi connectivity index (χ1v) is 7.99. The maximum Gasteiger partial charge on any atom is 0.341 e. The van der Waals surface area contributed by atoms with E-state index in [1.807, 2.05) is 13.8 Å². The Morgan fingerprint density at radius 3 is 2.67 bits per heavy atom. The summed E-state index contributed by atoms with van der Waals surface area (Å²) in [5, 5.41) is 3.38. The summed E-state index contributed by atoms with van der Waals surface area (Å²) in [6.45, 7) is 3.73. The number of hydrogen-bond acceptors (Lipinski definition) is 5. The van der Waals surface area contributed by atoms with Crippen molar-refractivity contribution in [3.8, 4) is 0 Å². The summed E-state index contributed by atoms with van der Waals surface area (Å²) in [5.74, 6) is -0.623. The molecule has 1 amide bonds. The van der Waals surface area contributed by atoms with Crippen LogP contribution in [0.4, 0.5) is 5.00 Å². The first-order chi connectivity index (χ1) is 10.0. The van der Waals surface area contributed by atoms with Crippen LogP contribution >= 0.6 is 11.3 Å². The molecule has 1 aliphatic rings. The molecule has 1 heterocycles. The van der Waals surface area contributed by atoms with E-state index < -0.39 is 0 Å². The molecular formula is C15H21NO4S. The predicted octanol–water partition coefficient (Wildman–Crippen LogP) is 2.78. The highest BCUT2D eigenvalue weighted by molar-refractivity contribution is 7.17. The van der Waals surface area contributed by atoms with Crippen molar-refractivity contribution in [2.24, 2.45) is 0 Å². The Labute approximate surface area is 128 Å². The Kier molecular flexibility index (Phi) is 5.36. The van der Waals surface area contributed by atoms with Crippen LogP contribution in [0.15, 0.2) is 0 Å². The number of anilines is 1. The number of rotatable bonds is 5. The molecule has 0 aromatic carbocycles. The summed E-state index contributed by atoms with van der Waals surface area (Å²) >= 11 is 1.48. The number of carbonyl (C=O) groups excluding carboxylic acids is 2. The largest absolute Gasteiger partial charge is 0.465 e. The molecule has 0 fully saturated rings. The molecule has 1 aromatic rings.